The van der Waals surface area contributed by atoms with Gasteiger partial charge < -0.3 is 20.4 Å². The van der Waals surface area contributed by atoms with Gasteiger partial charge in [-0.15, -0.1) is 0 Å². The zero-order valence-corrected chi connectivity index (χ0v) is 15.1. The van der Waals surface area contributed by atoms with E-state index in [1.807, 2.05) is 0 Å². The van der Waals surface area contributed by atoms with E-state index >= 15 is 0 Å². The van der Waals surface area contributed by atoms with Gasteiger partial charge in [0.15, 0.2) is 0 Å². The largest absolute Gasteiger partial charge is 0.467 e. The van der Waals surface area contributed by atoms with Gasteiger partial charge in [0, 0.05) is 5.56 Å². The summed E-state index contributed by atoms with van der Waals surface area (Å²) < 4.78 is 18.1. The van der Waals surface area contributed by atoms with E-state index in [9.17, 15) is 18.8 Å². The van der Waals surface area contributed by atoms with Gasteiger partial charge in [0.1, 0.15) is 17.6 Å². The summed E-state index contributed by atoms with van der Waals surface area (Å²) in [6, 6.07) is 7.61. The van der Waals surface area contributed by atoms with Crippen molar-refractivity contribution in [2.45, 2.75) is 26.4 Å². The Kier molecular flexibility index (Phi) is 7.10. The van der Waals surface area contributed by atoms with E-state index in [-0.39, 0.29) is 30.5 Å². The van der Waals surface area contributed by atoms with Crippen LogP contribution in [-0.4, -0.2) is 30.3 Å². The van der Waals surface area contributed by atoms with Crippen LogP contribution in [0.1, 0.15) is 30.0 Å². The molecule has 1 aromatic carbocycles. The lowest BCUT2D eigenvalue weighted by Gasteiger charge is -2.21. The van der Waals surface area contributed by atoms with E-state index in [1.54, 1.807) is 26.0 Å². The maximum atomic E-state index is 13.0. The summed E-state index contributed by atoms with van der Waals surface area (Å²) in [5.74, 6) is -1.42. The predicted molar refractivity (Wildman–Crippen MR) is 96.1 cm³/mol. The maximum Gasteiger partial charge on any atom is 0.251 e. The summed E-state index contributed by atoms with van der Waals surface area (Å²) in [5, 5.41) is 7.72. The van der Waals surface area contributed by atoms with Gasteiger partial charge >= 0.3 is 0 Å². The van der Waals surface area contributed by atoms with Gasteiger partial charge in [-0.2, -0.15) is 0 Å². The third-order valence-electron chi connectivity index (χ3n) is 3.81. The minimum Gasteiger partial charge on any atom is -0.467 e. The summed E-state index contributed by atoms with van der Waals surface area (Å²) in [4.78, 5) is 36.4. The van der Waals surface area contributed by atoms with Crippen molar-refractivity contribution in [3.05, 3.63) is 59.8 Å². The van der Waals surface area contributed by atoms with E-state index in [0.29, 0.717) is 5.76 Å². The van der Waals surface area contributed by atoms with Crippen molar-refractivity contribution >= 4 is 17.7 Å². The maximum absolute atomic E-state index is 13.0. The number of benzene rings is 1. The lowest BCUT2D eigenvalue weighted by atomic mass is 10.0. The minimum atomic E-state index is -0.833. The summed E-state index contributed by atoms with van der Waals surface area (Å²) in [6.45, 7) is 3.53. The molecule has 0 aliphatic carbocycles. The molecule has 3 N–H and O–H groups in total. The number of amides is 3. The first kappa shape index (κ1) is 20.2. The molecule has 3 amide bonds. The average molecular weight is 375 g/mol. The van der Waals surface area contributed by atoms with Crippen LogP contribution in [0.15, 0.2) is 47.1 Å². The van der Waals surface area contributed by atoms with Gasteiger partial charge in [-0.05, 0) is 42.3 Å². The number of rotatable bonds is 8. The SMILES string of the molecule is CC(C)C(NC(=O)c1ccc(F)cc1)C(=O)NCC(=O)NCc1ccco1. The molecule has 144 valence electrons. The summed E-state index contributed by atoms with van der Waals surface area (Å²) in [7, 11) is 0. The second-order valence-electron chi connectivity index (χ2n) is 6.28. The number of hydrogen-bond acceptors (Lipinski definition) is 4. The molecular formula is C19H22FN3O4. The zero-order chi connectivity index (χ0) is 19.8. The summed E-state index contributed by atoms with van der Waals surface area (Å²) in [6.07, 6.45) is 1.50. The van der Waals surface area contributed by atoms with Gasteiger partial charge in [0.2, 0.25) is 11.8 Å². The molecule has 1 atom stereocenters. The van der Waals surface area contributed by atoms with E-state index in [2.05, 4.69) is 16.0 Å². The van der Waals surface area contributed by atoms with E-state index < -0.39 is 23.7 Å². The van der Waals surface area contributed by atoms with Crippen LogP contribution >= 0.6 is 0 Å². The molecular weight excluding hydrogens is 353 g/mol. The van der Waals surface area contributed by atoms with Crippen molar-refractivity contribution in [2.24, 2.45) is 5.92 Å². The predicted octanol–water partition coefficient (Wildman–Crippen LogP) is 1.61. The van der Waals surface area contributed by atoms with Crippen LogP contribution in [0.25, 0.3) is 0 Å². The first-order valence-corrected chi connectivity index (χ1v) is 8.50. The van der Waals surface area contributed by atoms with Crippen LogP contribution < -0.4 is 16.0 Å². The molecule has 8 heteroatoms. The second kappa shape index (κ2) is 9.51. The highest BCUT2D eigenvalue weighted by atomic mass is 19.1. The highest BCUT2D eigenvalue weighted by molar-refractivity contribution is 5.98. The number of carbonyl (C=O) groups excluding carboxylic acids is 3. The molecule has 0 aliphatic heterocycles. The Labute approximate surface area is 156 Å². The quantitative estimate of drug-likeness (QED) is 0.652. The lowest BCUT2D eigenvalue weighted by Crippen LogP contribution is -2.51. The second-order valence-corrected chi connectivity index (χ2v) is 6.28. The van der Waals surface area contributed by atoms with Crippen LogP contribution in [0, 0.1) is 11.7 Å². The molecule has 0 saturated heterocycles. The molecule has 2 aromatic rings. The third-order valence-corrected chi connectivity index (χ3v) is 3.81. The topological polar surface area (TPSA) is 100 Å². The average Bonchev–Trinajstić information content (AvgIpc) is 3.16. The number of nitrogens with one attached hydrogen (secondary N) is 3. The van der Waals surface area contributed by atoms with E-state index in [4.69, 9.17) is 4.42 Å². The van der Waals surface area contributed by atoms with Crippen molar-refractivity contribution in [1.29, 1.82) is 0 Å². The molecule has 0 bridgehead atoms. The molecule has 0 fully saturated rings. The molecule has 0 spiro atoms. The minimum absolute atomic E-state index is 0.208. The van der Waals surface area contributed by atoms with Crippen molar-refractivity contribution in [1.82, 2.24) is 16.0 Å². The van der Waals surface area contributed by atoms with Gasteiger partial charge in [-0.25, -0.2) is 4.39 Å². The molecule has 0 aliphatic rings. The standard InChI is InChI=1S/C19H22FN3O4/c1-12(2)17(23-18(25)13-5-7-14(20)8-6-13)19(26)22-11-16(24)21-10-15-4-3-9-27-15/h3-9,12,17H,10-11H2,1-2H3,(H,21,24)(H,22,26)(H,23,25). The van der Waals surface area contributed by atoms with Gasteiger partial charge in [-0.1, -0.05) is 13.8 Å². The van der Waals surface area contributed by atoms with Crippen LogP contribution in [0.3, 0.4) is 0 Å². The molecule has 1 unspecified atom stereocenters. The Hall–Kier alpha value is -3.16. The van der Waals surface area contributed by atoms with Crippen molar-refractivity contribution in [3.63, 3.8) is 0 Å². The normalized spacial score (nSPS) is 11.7. The van der Waals surface area contributed by atoms with Crippen molar-refractivity contribution < 1.29 is 23.2 Å². The van der Waals surface area contributed by atoms with E-state index in [0.717, 1.165) is 0 Å². The Balaban J connectivity index is 1.85. The fraction of sp³-hybridized carbons (Fsp3) is 0.316. The highest BCUT2D eigenvalue weighted by Gasteiger charge is 2.25. The summed E-state index contributed by atoms with van der Waals surface area (Å²) >= 11 is 0. The number of furan rings is 1. The van der Waals surface area contributed by atoms with Gasteiger partial charge in [0.25, 0.3) is 5.91 Å². The monoisotopic (exact) mass is 375 g/mol. The van der Waals surface area contributed by atoms with Crippen LogP contribution in [-0.2, 0) is 16.1 Å². The fourth-order valence-corrected chi connectivity index (χ4v) is 2.30. The third kappa shape index (κ3) is 6.25. The molecule has 27 heavy (non-hydrogen) atoms. The Bertz CT molecular complexity index is 773. The first-order chi connectivity index (χ1) is 12.9. The molecule has 7 nitrogen and oxygen atoms in total. The van der Waals surface area contributed by atoms with Crippen LogP contribution in [0.2, 0.25) is 0 Å². The van der Waals surface area contributed by atoms with Gasteiger partial charge in [-0.3, -0.25) is 14.4 Å². The van der Waals surface area contributed by atoms with Gasteiger partial charge in [0.05, 0.1) is 19.4 Å². The molecule has 1 heterocycles. The molecule has 0 saturated carbocycles. The number of carbonyl (C=O) groups is 3. The van der Waals surface area contributed by atoms with Crippen molar-refractivity contribution in [3.8, 4) is 0 Å². The molecule has 1 aromatic heterocycles. The van der Waals surface area contributed by atoms with E-state index in [1.165, 1.54) is 30.5 Å². The molecule has 2 rings (SSSR count). The zero-order valence-electron chi connectivity index (χ0n) is 15.1. The lowest BCUT2D eigenvalue weighted by molar-refractivity contribution is -0.127. The molecule has 0 radical (unpaired) electrons. The summed E-state index contributed by atoms with van der Waals surface area (Å²) in [5.41, 5.74) is 0.242. The number of hydrogen-bond donors (Lipinski definition) is 3. The number of halogens is 1. The van der Waals surface area contributed by atoms with Crippen LogP contribution in [0.4, 0.5) is 4.39 Å². The highest BCUT2D eigenvalue weighted by Crippen LogP contribution is 2.07. The Morgan fingerprint density at radius 3 is 2.37 bits per heavy atom. The fourth-order valence-electron chi connectivity index (χ4n) is 2.30. The Morgan fingerprint density at radius 2 is 1.78 bits per heavy atom. The first-order valence-electron chi connectivity index (χ1n) is 8.50. The van der Waals surface area contributed by atoms with Crippen molar-refractivity contribution in [2.75, 3.05) is 6.54 Å². The Morgan fingerprint density at radius 1 is 1.07 bits per heavy atom. The van der Waals surface area contributed by atoms with Crippen LogP contribution in [0.5, 0.6) is 0 Å². The smallest absolute Gasteiger partial charge is 0.251 e.